The largest absolute Gasteiger partial charge is 0.508 e. The summed E-state index contributed by atoms with van der Waals surface area (Å²) in [7, 11) is 0. The maximum Gasteiger partial charge on any atom is 0.412 e. The number of carboxylic acids is 1. The maximum absolute atomic E-state index is 11.7. The molecule has 5 N–H and O–H groups in total. The standard InChI is InChI=1S/C16H22N2O5/c1-15(2,3)23-14(22)18-9-4-5-10(11(19)8-9)16(6-7-16)12(17)13(20)21/h4-5,8,12,19H,6-7,17H2,1-3H3,(H,18,22)(H,20,21). The van der Waals surface area contributed by atoms with Crippen LogP contribution in [0.5, 0.6) is 5.75 Å². The average molecular weight is 322 g/mol. The first-order valence-electron chi connectivity index (χ1n) is 7.37. The van der Waals surface area contributed by atoms with Crippen LogP contribution in [0.2, 0.25) is 0 Å². The van der Waals surface area contributed by atoms with Crippen molar-refractivity contribution < 1.29 is 24.5 Å². The molecule has 1 amide bonds. The van der Waals surface area contributed by atoms with Gasteiger partial charge in [-0.3, -0.25) is 10.1 Å². The molecule has 1 aliphatic carbocycles. The molecule has 0 heterocycles. The van der Waals surface area contributed by atoms with Crippen LogP contribution in [0.25, 0.3) is 0 Å². The van der Waals surface area contributed by atoms with Crippen LogP contribution in [0.4, 0.5) is 10.5 Å². The van der Waals surface area contributed by atoms with Crippen LogP contribution < -0.4 is 11.1 Å². The third-order valence-corrected chi connectivity index (χ3v) is 3.83. The van der Waals surface area contributed by atoms with Gasteiger partial charge in [-0.1, -0.05) is 6.07 Å². The number of phenolic OH excluding ortho intramolecular Hbond substituents is 1. The van der Waals surface area contributed by atoms with Crippen molar-refractivity contribution in [2.75, 3.05) is 5.32 Å². The topological polar surface area (TPSA) is 122 Å². The van der Waals surface area contributed by atoms with Crippen LogP contribution in [0.1, 0.15) is 39.2 Å². The molecule has 1 fully saturated rings. The van der Waals surface area contributed by atoms with Crippen molar-refractivity contribution in [2.24, 2.45) is 5.73 Å². The Morgan fingerprint density at radius 3 is 2.39 bits per heavy atom. The molecule has 0 radical (unpaired) electrons. The Kier molecular flexibility index (Phi) is 4.26. The second-order valence-corrected chi connectivity index (χ2v) is 6.83. The molecule has 1 saturated carbocycles. The van der Waals surface area contributed by atoms with E-state index in [4.69, 9.17) is 15.6 Å². The van der Waals surface area contributed by atoms with Gasteiger partial charge in [-0.05, 0) is 39.7 Å². The van der Waals surface area contributed by atoms with Crippen LogP contribution in [0.3, 0.4) is 0 Å². The predicted molar refractivity (Wildman–Crippen MR) is 84.5 cm³/mol. The third-order valence-electron chi connectivity index (χ3n) is 3.83. The lowest BCUT2D eigenvalue weighted by Gasteiger charge is -2.22. The van der Waals surface area contributed by atoms with E-state index in [0.29, 0.717) is 24.1 Å². The van der Waals surface area contributed by atoms with E-state index < -0.39 is 29.1 Å². The number of aliphatic carboxylic acids is 1. The first kappa shape index (κ1) is 17.1. The van der Waals surface area contributed by atoms with Gasteiger partial charge >= 0.3 is 12.1 Å². The second-order valence-electron chi connectivity index (χ2n) is 6.83. The molecule has 23 heavy (non-hydrogen) atoms. The Morgan fingerprint density at radius 1 is 1.35 bits per heavy atom. The normalized spacial score (nSPS) is 17.2. The van der Waals surface area contributed by atoms with Gasteiger partial charge in [-0.25, -0.2) is 4.79 Å². The number of nitrogens with one attached hydrogen (secondary N) is 1. The minimum absolute atomic E-state index is 0.0900. The summed E-state index contributed by atoms with van der Waals surface area (Å²) >= 11 is 0. The second kappa shape index (κ2) is 5.73. The minimum Gasteiger partial charge on any atom is -0.508 e. The highest BCUT2D eigenvalue weighted by Crippen LogP contribution is 2.53. The first-order chi connectivity index (χ1) is 10.5. The number of hydrogen-bond acceptors (Lipinski definition) is 5. The van der Waals surface area contributed by atoms with Crippen molar-refractivity contribution in [1.82, 2.24) is 0 Å². The van der Waals surface area contributed by atoms with Gasteiger partial charge in [-0.15, -0.1) is 0 Å². The van der Waals surface area contributed by atoms with E-state index in [0.717, 1.165) is 0 Å². The summed E-state index contributed by atoms with van der Waals surface area (Å²) in [5.41, 5.74) is 5.23. The number of nitrogens with two attached hydrogens (primary N) is 1. The lowest BCUT2D eigenvalue weighted by molar-refractivity contribution is -0.139. The van der Waals surface area contributed by atoms with E-state index >= 15 is 0 Å². The number of carbonyl (C=O) groups is 2. The molecule has 2 rings (SSSR count). The Labute approximate surface area is 134 Å². The zero-order chi connectivity index (χ0) is 17.4. The number of benzene rings is 1. The molecule has 0 aromatic heterocycles. The molecule has 0 bridgehead atoms. The van der Waals surface area contributed by atoms with E-state index in [1.807, 2.05) is 0 Å². The summed E-state index contributed by atoms with van der Waals surface area (Å²) < 4.78 is 5.13. The number of carboxylic acid groups (broad SMARTS) is 1. The monoisotopic (exact) mass is 322 g/mol. The molecule has 0 spiro atoms. The summed E-state index contributed by atoms with van der Waals surface area (Å²) in [6.07, 6.45) is 0.577. The summed E-state index contributed by atoms with van der Waals surface area (Å²) in [6.45, 7) is 5.24. The van der Waals surface area contributed by atoms with Crippen molar-refractivity contribution in [1.29, 1.82) is 0 Å². The molecule has 0 saturated heterocycles. The fourth-order valence-electron chi connectivity index (χ4n) is 2.57. The van der Waals surface area contributed by atoms with Gasteiger partial charge in [0, 0.05) is 22.7 Å². The number of carbonyl (C=O) groups excluding carboxylic acids is 1. The van der Waals surface area contributed by atoms with Crippen LogP contribution in [0, 0.1) is 0 Å². The van der Waals surface area contributed by atoms with Gasteiger partial charge in [0.05, 0.1) is 0 Å². The van der Waals surface area contributed by atoms with Gasteiger partial charge in [0.2, 0.25) is 0 Å². The summed E-state index contributed by atoms with van der Waals surface area (Å²) in [5, 5.41) is 21.8. The molecule has 7 nitrogen and oxygen atoms in total. The fraction of sp³-hybridized carbons (Fsp3) is 0.500. The van der Waals surface area contributed by atoms with Crippen LogP contribution in [-0.4, -0.2) is 33.9 Å². The zero-order valence-electron chi connectivity index (χ0n) is 13.4. The Hall–Kier alpha value is -2.28. The van der Waals surface area contributed by atoms with Crippen molar-refractivity contribution in [3.05, 3.63) is 23.8 Å². The average Bonchev–Trinajstić information content (AvgIpc) is 3.16. The van der Waals surface area contributed by atoms with Crippen LogP contribution in [-0.2, 0) is 14.9 Å². The summed E-state index contributed by atoms with van der Waals surface area (Å²) in [5.74, 6) is -1.19. The van der Waals surface area contributed by atoms with Crippen molar-refractivity contribution in [2.45, 2.75) is 50.7 Å². The number of phenols is 1. The number of aromatic hydroxyl groups is 1. The molecule has 1 atom stereocenters. The van der Waals surface area contributed by atoms with E-state index in [1.165, 1.54) is 6.07 Å². The molecule has 126 valence electrons. The number of ether oxygens (including phenoxy) is 1. The number of amides is 1. The Balaban J connectivity index is 2.16. The van der Waals surface area contributed by atoms with Crippen molar-refractivity contribution >= 4 is 17.7 Å². The lowest BCUT2D eigenvalue weighted by atomic mass is 9.87. The predicted octanol–water partition coefficient (Wildman–Crippen LogP) is 2.18. The zero-order valence-corrected chi connectivity index (χ0v) is 13.4. The van der Waals surface area contributed by atoms with E-state index in [9.17, 15) is 14.7 Å². The molecule has 1 aromatic carbocycles. The van der Waals surface area contributed by atoms with E-state index in [1.54, 1.807) is 32.9 Å². The molecular formula is C16H22N2O5. The highest BCUT2D eigenvalue weighted by molar-refractivity contribution is 5.85. The highest BCUT2D eigenvalue weighted by Gasteiger charge is 2.53. The summed E-state index contributed by atoms with van der Waals surface area (Å²) in [6, 6.07) is 3.48. The molecule has 1 aliphatic rings. The molecule has 7 heteroatoms. The quantitative estimate of drug-likeness (QED) is 0.674. The van der Waals surface area contributed by atoms with Gasteiger partial charge in [0.1, 0.15) is 17.4 Å². The highest BCUT2D eigenvalue weighted by atomic mass is 16.6. The first-order valence-corrected chi connectivity index (χ1v) is 7.37. The maximum atomic E-state index is 11.7. The smallest absolute Gasteiger partial charge is 0.412 e. The summed E-state index contributed by atoms with van der Waals surface area (Å²) in [4.78, 5) is 22.9. The van der Waals surface area contributed by atoms with Crippen LogP contribution in [0.15, 0.2) is 18.2 Å². The number of hydrogen-bond donors (Lipinski definition) is 4. The minimum atomic E-state index is -1.10. The van der Waals surface area contributed by atoms with Crippen molar-refractivity contribution in [3.63, 3.8) is 0 Å². The van der Waals surface area contributed by atoms with E-state index in [-0.39, 0.29) is 5.75 Å². The molecule has 1 unspecified atom stereocenters. The fourth-order valence-corrected chi connectivity index (χ4v) is 2.57. The molecule has 1 aromatic rings. The number of anilines is 1. The Morgan fingerprint density at radius 2 is 1.96 bits per heavy atom. The molecule has 0 aliphatic heterocycles. The van der Waals surface area contributed by atoms with Crippen molar-refractivity contribution in [3.8, 4) is 5.75 Å². The van der Waals surface area contributed by atoms with Gasteiger partial charge in [0.15, 0.2) is 0 Å². The Bertz CT molecular complexity index is 632. The number of rotatable bonds is 4. The van der Waals surface area contributed by atoms with E-state index in [2.05, 4.69) is 5.32 Å². The van der Waals surface area contributed by atoms with Gasteiger partial charge in [0.25, 0.3) is 0 Å². The van der Waals surface area contributed by atoms with Crippen LogP contribution >= 0.6 is 0 Å². The lowest BCUT2D eigenvalue weighted by Crippen LogP contribution is -2.42. The van der Waals surface area contributed by atoms with Gasteiger partial charge < -0.3 is 20.7 Å². The SMILES string of the molecule is CC(C)(C)OC(=O)Nc1ccc(C2(C(N)C(=O)O)CC2)c(O)c1. The third kappa shape index (κ3) is 3.73. The molecular weight excluding hydrogens is 300 g/mol. The van der Waals surface area contributed by atoms with Gasteiger partial charge in [-0.2, -0.15) is 0 Å².